The summed E-state index contributed by atoms with van der Waals surface area (Å²) < 4.78 is 22.2. The number of sulfone groups is 1. The molecule has 0 saturated heterocycles. The first-order valence-corrected chi connectivity index (χ1v) is 5.84. The van der Waals surface area contributed by atoms with E-state index < -0.39 is 14.6 Å². The highest BCUT2D eigenvalue weighted by Crippen LogP contribution is 2.20. The predicted octanol–water partition coefficient (Wildman–Crippen LogP) is 1.83. The first-order valence-electron chi connectivity index (χ1n) is 3.65. The maximum atomic E-state index is 11.4. The Hall–Kier alpha value is 0.240. The minimum absolute atomic E-state index is 0.0788. The summed E-state index contributed by atoms with van der Waals surface area (Å²) in [6, 6.07) is 0. The Morgan fingerprint density at radius 3 is 2.09 bits per heavy atom. The zero-order valence-electron chi connectivity index (χ0n) is 7.22. The molecule has 0 aliphatic carbocycles. The monoisotopic (exact) mass is 198 g/mol. The Bertz CT molecular complexity index is 206. The molecular weight excluding hydrogens is 184 g/mol. The van der Waals surface area contributed by atoms with Crippen molar-refractivity contribution in [1.82, 2.24) is 0 Å². The van der Waals surface area contributed by atoms with Gasteiger partial charge in [-0.05, 0) is 20.3 Å². The van der Waals surface area contributed by atoms with Gasteiger partial charge in [0.2, 0.25) is 0 Å². The molecule has 0 aromatic carbocycles. The van der Waals surface area contributed by atoms with Crippen molar-refractivity contribution in [2.75, 3.05) is 11.6 Å². The maximum absolute atomic E-state index is 11.4. The number of alkyl halides is 1. The van der Waals surface area contributed by atoms with E-state index in [1.807, 2.05) is 6.92 Å². The number of hydrogen-bond donors (Lipinski definition) is 0. The molecule has 0 atom stereocenters. The standard InChI is InChI=1S/C7H15ClO2S/c1-4-7(2,3)11(9,10)6-5-8/h4-6H2,1-3H3. The topological polar surface area (TPSA) is 34.1 Å². The summed E-state index contributed by atoms with van der Waals surface area (Å²) in [6.45, 7) is 5.33. The van der Waals surface area contributed by atoms with Crippen molar-refractivity contribution in [3.63, 3.8) is 0 Å². The van der Waals surface area contributed by atoms with Crippen molar-refractivity contribution in [1.29, 1.82) is 0 Å². The van der Waals surface area contributed by atoms with Gasteiger partial charge >= 0.3 is 0 Å². The molecule has 0 aliphatic heterocycles. The first kappa shape index (κ1) is 11.2. The van der Waals surface area contributed by atoms with E-state index in [4.69, 9.17) is 11.6 Å². The molecule has 0 N–H and O–H groups in total. The van der Waals surface area contributed by atoms with Crippen LogP contribution in [0.4, 0.5) is 0 Å². The van der Waals surface area contributed by atoms with Gasteiger partial charge in [0.15, 0.2) is 9.84 Å². The largest absolute Gasteiger partial charge is 0.228 e. The summed E-state index contributed by atoms with van der Waals surface area (Å²) in [5.74, 6) is 0.265. The summed E-state index contributed by atoms with van der Waals surface area (Å²) in [7, 11) is -2.99. The molecule has 0 amide bonds. The summed E-state index contributed by atoms with van der Waals surface area (Å²) in [4.78, 5) is 0. The van der Waals surface area contributed by atoms with E-state index in [2.05, 4.69) is 0 Å². The molecule has 2 nitrogen and oxygen atoms in total. The Morgan fingerprint density at radius 2 is 1.82 bits per heavy atom. The molecule has 0 aromatic heterocycles. The van der Waals surface area contributed by atoms with Crippen LogP contribution in [0.2, 0.25) is 0 Å². The third kappa shape index (κ3) is 2.64. The normalized spacial score (nSPS) is 13.5. The molecule has 0 aliphatic rings. The van der Waals surface area contributed by atoms with Gasteiger partial charge in [-0.1, -0.05) is 6.92 Å². The molecule has 68 valence electrons. The van der Waals surface area contributed by atoms with Crippen molar-refractivity contribution in [2.24, 2.45) is 0 Å². The molecule has 0 heterocycles. The lowest BCUT2D eigenvalue weighted by molar-refractivity contribution is 0.540. The summed E-state index contributed by atoms with van der Waals surface area (Å²) in [5, 5.41) is 0. The fourth-order valence-electron chi connectivity index (χ4n) is 0.598. The van der Waals surface area contributed by atoms with E-state index in [1.54, 1.807) is 13.8 Å². The molecule has 0 spiro atoms. The van der Waals surface area contributed by atoms with E-state index in [0.29, 0.717) is 6.42 Å². The zero-order chi connectivity index (χ0) is 9.12. The van der Waals surface area contributed by atoms with Crippen LogP contribution >= 0.6 is 11.6 Å². The third-order valence-corrected chi connectivity index (χ3v) is 5.17. The average Bonchev–Trinajstić information content (AvgIpc) is 1.87. The second-order valence-electron chi connectivity index (χ2n) is 3.12. The minimum atomic E-state index is -2.99. The number of rotatable bonds is 4. The van der Waals surface area contributed by atoms with Crippen molar-refractivity contribution in [3.8, 4) is 0 Å². The van der Waals surface area contributed by atoms with E-state index >= 15 is 0 Å². The fourth-order valence-corrected chi connectivity index (χ4v) is 2.40. The van der Waals surface area contributed by atoms with Crippen LogP contribution in [0.1, 0.15) is 27.2 Å². The molecule has 0 rings (SSSR count). The lowest BCUT2D eigenvalue weighted by Gasteiger charge is -2.21. The molecular formula is C7H15ClO2S. The van der Waals surface area contributed by atoms with E-state index in [-0.39, 0.29) is 11.6 Å². The van der Waals surface area contributed by atoms with Crippen LogP contribution in [0.3, 0.4) is 0 Å². The first-order chi connectivity index (χ1) is 4.87. The molecule has 0 aromatic rings. The smallest absolute Gasteiger partial charge is 0.156 e. The SMILES string of the molecule is CCC(C)(C)S(=O)(=O)CCCl. The molecule has 0 unspecified atom stereocenters. The van der Waals surface area contributed by atoms with Gasteiger partial charge in [0.25, 0.3) is 0 Å². The highest BCUT2D eigenvalue weighted by atomic mass is 35.5. The van der Waals surface area contributed by atoms with Crippen LogP contribution in [0, 0.1) is 0 Å². The van der Waals surface area contributed by atoms with E-state index in [9.17, 15) is 8.42 Å². The van der Waals surface area contributed by atoms with Crippen LogP contribution in [0.5, 0.6) is 0 Å². The third-order valence-electron chi connectivity index (χ3n) is 2.04. The van der Waals surface area contributed by atoms with Gasteiger partial charge in [-0.2, -0.15) is 0 Å². The Balaban J connectivity index is 4.55. The Morgan fingerprint density at radius 1 is 1.36 bits per heavy atom. The molecule has 0 fully saturated rings. The summed E-state index contributed by atoms with van der Waals surface area (Å²) in [6.07, 6.45) is 0.631. The highest BCUT2D eigenvalue weighted by molar-refractivity contribution is 7.92. The molecule has 4 heteroatoms. The lowest BCUT2D eigenvalue weighted by Crippen LogP contribution is -2.33. The van der Waals surface area contributed by atoms with Gasteiger partial charge in [-0.25, -0.2) is 8.42 Å². The second kappa shape index (κ2) is 3.76. The second-order valence-corrected chi connectivity index (χ2v) is 6.24. The maximum Gasteiger partial charge on any atom is 0.156 e. The zero-order valence-corrected chi connectivity index (χ0v) is 8.80. The highest BCUT2D eigenvalue weighted by Gasteiger charge is 2.31. The molecule has 11 heavy (non-hydrogen) atoms. The van der Waals surface area contributed by atoms with Gasteiger partial charge in [0.05, 0.1) is 10.5 Å². The molecule has 0 saturated carbocycles. The predicted molar refractivity (Wildman–Crippen MR) is 48.9 cm³/mol. The van der Waals surface area contributed by atoms with E-state index in [0.717, 1.165) is 0 Å². The fraction of sp³-hybridized carbons (Fsp3) is 1.00. The van der Waals surface area contributed by atoms with Crippen LogP contribution < -0.4 is 0 Å². The number of hydrogen-bond acceptors (Lipinski definition) is 2. The van der Waals surface area contributed by atoms with Crippen molar-refractivity contribution in [2.45, 2.75) is 31.9 Å². The van der Waals surface area contributed by atoms with Gasteiger partial charge in [0.1, 0.15) is 0 Å². The van der Waals surface area contributed by atoms with E-state index in [1.165, 1.54) is 0 Å². The quantitative estimate of drug-likeness (QED) is 0.646. The van der Waals surface area contributed by atoms with Gasteiger partial charge in [-0.15, -0.1) is 11.6 Å². The van der Waals surface area contributed by atoms with Crippen molar-refractivity contribution < 1.29 is 8.42 Å². The minimum Gasteiger partial charge on any atom is -0.228 e. The Labute approximate surface area is 73.9 Å². The molecule has 0 bridgehead atoms. The molecule has 0 radical (unpaired) electrons. The van der Waals surface area contributed by atoms with Crippen LogP contribution in [0.15, 0.2) is 0 Å². The lowest BCUT2D eigenvalue weighted by atomic mass is 10.1. The van der Waals surface area contributed by atoms with Gasteiger partial charge in [0, 0.05) is 5.88 Å². The van der Waals surface area contributed by atoms with Crippen LogP contribution in [-0.2, 0) is 9.84 Å². The Kier molecular flexibility index (Phi) is 3.85. The van der Waals surface area contributed by atoms with Crippen LogP contribution in [-0.4, -0.2) is 24.8 Å². The summed E-state index contributed by atoms with van der Waals surface area (Å²) >= 11 is 5.37. The van der Waals surface area contributed by atoms with Crippen LogP contribution in [0.25, 0.3) is 0 Å². The summed E-state index contributed by atoms with van der Waals surface area (Å²) in [5.41, 5.74) is 0. The van der Waals surface area contributed by atoms with Gasteiger partial charge < -0.3 is 0 Å². The average molecular weight is 199 g/mol. The number of halogens is 1. The van der Waals surface area contributed by atoms with Crippen molar-refractivity contribution >= 4 is 21.4 Å². The van der Waals surface area contributed by atoms with Gasteiger partial charge in [-0.3, -0.25) is 0 Å². The van der Waals surface area contributed by atoms with Crippen molar-refractivity contribution in [3.05, 3.63) is 0 Å².